The molecule has 7 nitrogen and oxygen atoms in total. The zero-order chi connectivity index (χ0) is 20.7. The molecule has 1 aliphatic rings. The number of pyridine rings is 1. The summed E-state index contributed by atoms with van der Waals surface area (Å²) in [5, 5.41) is 7.67. The molecule has 0 bridgehead atoms. The number of H-pyrrole nitrogens is 2. The van der Waals surface area contributed by atoms with Crippen LogP contribution in [-0.4, -0.2) is 50.7 Å². The Labute approximate surface area is 171 Å². The van der Waals surface area contributed by atoms with Gasteiger partial charge in [-0.1, -0.05) is 18.2 Å². The maximum Gasteiger partial charge on any atom is 0.256 e. The molecular formula is C22H20FN5O2. The van der Waals surface area contributed by atoms with Gasteiger partial charge in [-0.2, -0.15) is 5.10 Å². The Kier molecular flexibility index (Phi) is 4.55. The minimum atomic E-state index is -0.474. The summed E-state index contributed by atoms with van der Waals surface area (Å²) in [6.45, 7) is 3.00. The highest BCUT2D eigenvalue weighted by Crippen LogP contribution is 2.30. The second-order valence-corrected chi connectivity index (χ2v) is 7.31. The number of aryl methyl sites for hydroxylation is 1. The standard InChI is InChI=1S/C22H20FN5O2/c1-13-16(11-25-27-13)19-7-6-14-17(10-24-21(14)26-19)22(29)28-8-9-30-12-20(28)15-4-2-3-5-18(15)23/h2-7,10-11,20H,8-9,12H2,1H3,(H,24,26)(H,25,27). The smallest absolute Gasteiger partial charge is 0.256 e. The van der Waals surface area contributed by atoms with Crippen LogP contribution in [0.15, 0.2) is 48.8 Å². The molecule has 1 aliphatic heterocycles. The van der Waals surface area contributed by atoms with E-state index in [0.29, 0.717) is 29.9 Å². The number of aromatic amines is 2. The van der Waals surface area contributed by atoms with Crippen LogP contribution >= 0.6 is 0 Å². The third-order valence-electron chi connectivity index (χ3n) is 5.53. The SMILES string of the molecule is Cc1[nH]ncc1-c1ccc2c(C(=O)N3CCOCC3c3ccccc3F)c[nH]c2n1. The van der Waals surface area contributed by atoms with E-state index in [0.717, 1.165) is 22.3 Å². The van der Waals surface area contributed by atoms with Crippen molar-refractivity contribution in [3.63, 3.8) is 0 Å². The van der Waals surface area contributed by atoms with Gasteiger partial charge in [0, 0.05) is 34.9 Å². The highest BCUT2D eigenvalue weighted by atomic mass is 19.1. The van der Waals surface area contributed by atoms with Crippen molar-refractivity contribution in [1.29, 1.82) is 0 Å². The van der Waals surface area contributed by atoms with E-state index >= 15 is 0 Å². The molecule has 0 aliphatic carbocycles. The van der Waals surface area contributed by atoms with E-state index in [1.807, 2.05) is 19.1 Å². The van der Waals surface area contributed by atoms with Gasteiger partial charge in [0.15, 0.2) is 0 Å². The second kappa shape index (κ2) is 7.38. The van der Waals surface area contributed by atoms with E-state index in [9.17, 15) is 9.18 Å². The number of nitrogens with one attached hydrogen (secondary N) is 2. The molecule has 8 heteroatoms. The Hall–Kier alpha value is -3.52. The van der Waals surface area contributed by atoms with Crippen molar-refractivity contribution in [2.45, 2.75) is 13.0 Å². The molecule has 4 heterocycles. The van der Waals surface area contributed by atoms with E-state index in [1.165, 1.54) is 6.07 Å². The number of rotatable bonds is 3. The van der Waals surface area contributed by atoms with Crippen LogP contribution in [-0.2, 0) is 4.74 Å². The van der Waals surface area contributed by atoms with Gasteiger partial charge in [-0.15, -0.1) is 0 Å². The molecular weight excluding hydrogens is 385 g/mol. The van der Waals surface area contributed by atoms with Gasteiger partial charge in [0.05, 0.1) is 36.7 Å². The number of ether oxygens (including phenoxy) is 1. The lowest BCUT2D eigenvalue weighted by molar-refractivity contribution is -0.00352. The average molecular weight is 405 g/mol. The Morgan fingerprint density at radius 3 is 2.93 bits per heavy atom. The molecule has 0 radical (unpaired) electrons. The van der Waals surface area contributed by atoms with Crippen molar-refractivity contribution in [2.24, 2.45) is 0 Å². The molecule has 30 heavy (non-hydrogen) atoms. The molecule has 1 amide bonds. The summed E-state index contributed by atoms with van der Waals surface area (Å²) >= 11 is 0. The molecule has 0 spiro atoms. The third kappa shape index (κ3) is 3.05. The van der Waals surface area contributed by atoms with Crippen LogP contribution in [0.1, 0.15) is 27.7 Å². The largest absolute Gasteiger partial charge is 0.377 e. The van der Waals surface area contributed by atoms with Crippen LogP contribution in [0, 0.1) is 12.7 Å². The number of aromatic nitrogens is 4. The summed E-state index contributed by atoms with van der Waals surface area (Å²) in [5.74, 6) is -0.515. The summed E-state index contributed by atoms with van der Waals surface area (Å²) in [6, 6.07) is 9.79. The highest BCUT2D eigenvalue weighted by Gasteiger charge is 2.32. The Bertz CT molecular complexity index is 1230. The average Bonchev–Trinajstić information content (AvgIpc) is 3.39. The van der Waals surface area contributed by atoms with Gasteiger partial charge in [-0.25, -0.2) is 9.37 Å². The summed E-state index contributed by atoms with van der Waals surface area (Å²) in [7, 11) is 0. The van der Waals surface area contributed by atoms with E-state index in [1.54, 1.807) is 35.5 Å². The number of hydrogen-bond acceptors (Lipinski definition) is 4. The van der Waals surface area contributed by atoms with Crippen molar-refractivity contribution in [3.8, 4) is 11.3 Å². The number of fused-ring (bicyclic) bond motifs is 1. The highest BCUT2D eigenvalue weighted by molar-refractivity contribution is 6.06. The molecule has 1 saturated heterocycles. The fraction of sp³-hybridized carbons (Fsp3) is 0.227. The first-order valence-electron chi connectivity index (χ1n) is 9.75. The predicted molar refractivity (Wildman–Crippen MR) is 109 cm³/mol. The molecule has 3 aromatic heterocycles. The van der Waals surface area contributed by atoms with Gasteiger partial charge in [-0.3, -0.25) is 9.89 Å². The first-order chi connectivity index (χ1) is 14.6. The van der Waals surface area contributed by atoms with Crippen LogP contribution in [0.4, 0.5) is 4.39 Å². The fourth-order valence-corrected chi connectivity index (χ4v) is 3.95. The molecule has 1 unspecified atom stereocenters. The van der Waals surface area contributed by atoms with E-state index < -0.39 is 6.04 Å². The molecule has 1 fully saturated rings. The van der Waals surface area contributed by atoms with Gasteiger partial charge >= 0.3 is 0 Å². The maximum atomic E-state index is 14.4. The number of amides is 1. The molecule has 4 aromatic rings. The molecule has 2 N–H and O–H groups in total. The predicted octanol–water partition coefficient (Wildman–Crippen LogP) is 3.61. The normalized spacial score (nSPS) is 16.9. The lowest BCUT2D eigenvalue weighted by Gasteiger charge is -2.36. The number of carbonyl (C=O) groups is 1. The number of nitrogens with zero attached hydrogens (tertiary/aromatic N) is 3. The minimum absolute atomic E-state index is 0.174. The van der Waals surface area contributed by atoms with Crippen molar-refractivity contribution in [3.05, 3.63) is 71.4 Å². The number of carbonyl (C=O) groups excluding carboxylic acids is 1. The van der Waals surface area contributed by atoms with Crippen LogP contribution in [0.25, 0.3) is 22.3 Å². The van der Waals surface area contributed by atoms with Crippen LogP contribution in [0.3, 0.4) is 0 Å². The first-order valence-corrected chi connectivity index (χ1v) is 9.75. The lowest BCUT2D eigenvalue weighted by atomic mass is 10.0. The van der Waals surface area contributed by atoms with E-state index in [-0.39, 0.29) is 18.3 Å². The monoisotopic (exact) mass is 405 g/mol. The van der Waals surface area contributed by atoms with Gasteiger partial charge in [0.2, 0.25) is 0 Å². The number of morpholine rings is 1. The van der Waals surface area contributed by atoms with E-state index in [4.69, 9.17) is 4.74 Å². The van der Waals surface area contributed by atoms with Crippen molar-refractivity contribution in [2.75, 3.05) is 19.8 Å². The number of halogens is 1. The summed E-state index contributed by atoms with van der Waals surface area (Å²) in [6.07, 6.45) is 3.39. The van der Waals surface area contributed by atoms with Crippen LogP contribution in [0.2, 0.25) is 0 Å². The van der Waals surface area contributed by atoms with Crippen molar-refractivity contribution < 1.29 is 13.9 Å². The molecule has 1 atom stereocenters. The van der Waals surface area contributed by atoms with Gasteiger partial charge in [0.1, 0.15) is 11.5 Å². The summed E-state index contributed by atoms with van der Waals surface area (Å²) in [5.41, 5.74) is 4.19. The van der Waals surface area contributed by atoms with Crippen LogP contribution in [0.5, 0.6) is 0 Å². The Morgan fingerprint density at radius 1 is 1.27 bits per heavy atom. The summed E-state index contributed by atoms with van der Waals surface area (Å²) in [4.78, 5) is 22.9. The second-order valence-electron chi connectivity index (χ2n) is 7.31. The Morgan fingerprint density at radius 2 is 2.13 bits per heavy atom. The molecule has 5 rings (SSSR count). The number of benzene rings is 1. The van der Waals surface area contributed by atoms with Crippen molar-refractivity contribution in [1.82, 2.24) is 25.1 Å². The Balaban J connectivity index is 1.50. The minimum Gasteiger partial charge on any atom is -0.377 e. The molecule has 0 saturated carbocycles. The van der Waals surface area contributed by atoms with Gasteiger partial charge in [0.25, 0.3) is 5.91 Å². The molecule has 152 valence electrons. The summed E-state index contributed by atoms with van der Waals surface area (Å²) < 4.78 is 20.0. The van der Waals surface area contributed by atoms with Gasteiger partial charge in [-0.05, 0) is 25.1 Å². The van der Waals surface area contributed by atoms with Crippen molar-refractivity contribution >= 4 is 16.9 Å². The maximum absolute atomic E-state index is 14.4. The van der Waals surface area contributed by atoms with E-state index in [2.05, 4.69) is 20.2 Å². The zero-order valence-electron chi connectivity index (χ0n) is 16.4. The lowest BCUT2D eigenvalue weighted by Crippen LogP contribution is -2.43. The van der Waals surface area contributed by atoms with Crippen LogP contribution < -0.4 is 0 Å². The topological polar surface area (TPSA) is 86.9 Å². The zero-order valence-corrected chi connectivity index (χ0v) is 16.4. The first kappa shape index (κ1) is 18.5. The quantitative estimate of drug-likeness (QED) is 0.545. The third-order valence-corrected chi connectivity index (χ3v) is 5.53. The van der Waals surface area contributed by atoms with Gasteiger partial charge < -0.3 is 14.6 Å². The molecule has 1 aromatic carbocycles. The fourth-order valence-electron chi connectivity index (χ4n) is 3.95. The number of hydrogen-bond donors (Lipinski definition) is 2.